The number of aromatic nitrogens is 2. The second-order valence-corrected chi connectivity index (χ2v) is 7.13. The van der Waals surface area contributed by atoms with Gasteiger partial charge in [-0.25, -0.2) is 0 Å². The van der Waals surface area contributed by atoms with Crippen LogP contribution in [0, 0.1) is 0 Å². The normalized spacial score (nSPS) is 10.5. The van der Waals surface area contributed by atoms with Crippen molar-refractivity contribution in [2.24, 2.45) is 0 Å². The number of amides is 2. The van der Waals surface area contributed by atoms with E-state index in [9.17, 15) is 9.59 Å². The summed E-state index contributed by atoms with van der Waals surface area (Å²) >= 11 is 1.37. The maximum atomic E-state index is 12.1. The fraction of sp³-hybridized carbons (Fsp3) is 0.474. The summed E-state index contributed by atoms with van der Waals surface area (Å²) < 4.78 is 0. The largest absolute Gasteiger partial charge is 0.372 e. The number of nitrogens with zero attached hydrogens (tertiary/aromatic N) is 3. The summed E-state index contributed by atoms with van der Waals surface area (Å²) in [4.78, 5) is 26.3. The van der Waals surface area contributed by atoms with E-state index in [1.165, 1.54) is 11.3 Å². The first-order valence-electron chi connectivity index (χ1n) is 9.32. The van der Waals surface area contributed by atoms with Gasteiger partial charge in [0.2, 0.25) is 16.9 Å². The van der Waals surface area contributed by atoms with E-state index in [1.807, 2.05) is 24.3 Å². The highest BCUT2D eigenvalue weighted by molar-refractivity contribution is 7.15. The highest BCUT2D eigenvalue weighted by atomic mass is 32.1. The molecule has 0 aliphatic rings. The van der Waals surface area contributed by atoms with Crippen LogP contribution in [0.2, 0.25) is 0 Å². The molecule has 8 heteroatoms. The van der Waals surface area contributed by atoms with Gasteiger partial charge in [0.05, 0.1) is 0 Å². The molecule has 0 aliphatic heterocycles. The van der Waals surface area contributed by atoms with Gasteiger partial charge >= 0.3 is 0 Å². The van der Waals surface area contributed by atoms with Gasteiger partial charge in [-0.3, -0.25) is 9.59 Å². The van der Waals surface area contributed by atoms with E-state index in [0.29, 0.717) is 5.13 Å². The first kappa shape index (κ1) is 20.8. The van der Waals surface area contributed by atoms with Gasteiger partial charge in [0.15, 0.2) is 0 Å². The van der Waals surface area contributed by atoms with Gasteiger partial charge in [0.1, 0.15) is 5.01 Å². The number of rotatable bonds is 10. The van der Waals surface area contributed by atoms with Gasteiger partial charge in [0.25, 0.3) is 0 Å². The molecule has 2 amide bonds. The predicted octanol–water partition coefficient (Wildman–Crippen LogP) is 3.69. The molecule has 0 radical (unpaired) electrons. The third kappa shape index (κ3) is 6.63. The van der Waals surface area contributed by atoms with Crippen molar-refractivity contribution < 1.29 is 9.59 Å². The summed E-state index contributed by atoms with van der Waals surface area (Å²) in [7, 11) is 0. The molecule has 0 fully saturated rings. The minimum atomic E-state index is -0.235. The Morgan fingerprint density at radius 2 is 1.59 bits per heavy atom. The lowest BCUT2D eigenvalue weighted by atomic mass is 10.2. The maximum Gasteiger partial charge on any atom is 0.226 e. The second kappa shape index (κ2) is 10.6. The number of anilines is 3. The summed E-state index contributed by atoms with van der Waals surface area (Å²) in [5.74, 6) is -0.425. The molecule has 0 spiro atoms. The number of aryl methyl sites for hydroxylation is 1. The molecule has 0 saturated carbocycles. The van der Waals surface area contributed by atoms with Gasteiger partial charge in [0, 0.05) is 43.7 Å². The van der Waals surface area contributed by atoms with E-state index in [4.69, 9.17) is 0 Å². The average Bonchev–Trinajstić information content (AvgIpc) is 3.09. The SMILES string of the molecule is CCCc1nnc(NC(=O)CCC(=O)Nc2ccc(N(CC)CC)cc2)s1. The molecule has 0 aliphatic carbocycles. The molecule has 7 nitrogen and oxygen atoms in total. The third-order valence-electron chi connectivity index (χ3n) is 4.04. The van der Waals surface area contributed by atoms with Crippen LogP contribution in [0.3, 0.4) is 0 Å². The first-order chi connectivity index (χ1) is 13.0. The van der Waals surface area contributed by atoms with Crippen molar-refractivity contribution >= 4 is 39.7 Å². The van der Waals surface area contributed by atoms with E-state index in [2.05, 4.69) is 46.5 Å². The van der Waals surface area contributed by atoms with E-state index >= 15 is 0 Å². The Hall–Kier alpha value is -2.48. The predicted molar refractivity (Wildman–Crippen MR) is 110 cm³/mol. The van der Waals surface area contributed by atoms with Crippen LogP contribution in [-0.2, 0) is 16.0 Å². The number of nitrogens with one attached hydrogen (secondary N) is 2. The van der Waals surface area contributed by atoms with Crippen molar-refractivity contribution in [3.05, 3.63) is 29.3 Å². The van der Waals surface area contributed by atoms with Gasteiger partial charge < -0.3 is 15.5 Å². The van der Waals surface area contributed by atoms with E-state index in [1.54, 1.807) is 0 Å². The summed E-state index contributed by atoms with van der Waals surface area (Å²) in [5, 5.41) is 14.8. The number of carbonyl (C=O) groups is 2. The van der Waals surface area contributed by atoms with Crippen LogP contribution in [-0.4, -0.2) is 35.1 Å². The Morgan fingerprint density at radius 1 is 0.963 bits per heavy atom. The molecule has 0 saturated heterocycles. The molecule has 2 N–H and O–H groups in total. The highest BCUT2D eigenvalue weighted by Gasteiger charge is 2.11. The zero-order valence-corrected chi connectivity index (χ0v) is 16.9. The van der Waals surface area contributed by atoms with Crippen LogP contribution < -0.4 is 15.5 Å². The molecule has 2 rings (SSSR count). The number of hydrogen-bond acceptors (Lipinski definition) is 6. The third-order valence-corrected chi connectivity index (χ3v) is 4.93. The van der Waals surface area contributed by atoms with Crippen LogP contribution in [0.5, 0.6) is 0 Å². The molecule has 0 bridgehead atoms. The lowest BCUT2D eigenvalue weighted by Crippen LogP contribution is -2.21. The zero-order chi connectivity index (χ0) is 19.6. The van der Waals surface area contributed by atoms with Crippen LogP contribution >= 0.6 is 11.3 Å². The van der Waals surface area contributed by atoms with Crippen molar-refractivity contribution in [2.75, 3.05) is 28.6 Å². The Balaban J connectivity index is 1.77. The van der Waals surface area contributed by atoms with E-state index in [-0.39, 0.29) is 24.7 Å². The second-order valence-electron chi connectivity index (χ2n) is 6.07. The van der Waals surface area contributed by atoms with Crippen LogP contribution in [0.1, 0.15) is 45.0 Å². The molecule has 1 aromatic heterocycles. The summed E-state index contributed by atoms with van der Waals surface area (Å²) in [6, 6.07) is 7.72. The lowest BCUT2D eigenvalue weighted by Gasteiger charge is -2.21. The smallest absolute Gasteiger partial charge is 0.226 e. The molecule has 2 aromatic rings. The molecule has 27 heavy (non-hydrogen) atoms. The summed E-state index contributed by atoms with van der Waals surface area (Å²) in [6.07, 6.45) is 2.05. The molecule has 1 heterocycles. The average molecular weight is 390 g/mol. The van der Waals surface area contributed by atoms with Crippen molar-refractivity contribution in [3.8, 4) is 0 Å². The maximum absolute atomic E-state index is 12.1. The van der Waals surface area contributed by atoms with Crippen LogP contribution in [0.15, 0.2) is 24.3 Å². The van der Waals surface area contributed by atoms with Crippen molar-refractivity contribution in [3.63, 3.8) is 0 Å². The fourth-order valence-electron chi connectivity index (χ4n) is 2.60. The van der Waals surface area contributed by atoms with Crippen molar-refractivity contribution in [1.82, 2.24) is 10.2 Å². The Kier molecular flexibility index (Phi) is 8.19. The molecule has 1 aromatic carbocycles. The topological polar surface area (TPSA) is 87.2 Å². The minimum Gasteiger partial charge on any atom is -0.372 e. The minimum absolute atomic E-state index is 0.103. The molecular formula is C19H27N5O2S. The zero-order valence-electron chi connectivity index (χ0n) is 16.1. The number of carbonyl (C=O) groups excluding carboxylic acids is 2. The monoisotopic (exact) mass is 389 g/mol. The molecular weight excluding hydrogens is 362 g/mol. The molecule has 146 valence electrons. The van der Waals surface area contributed by atoms with Gasteiger partial charge in [-0.1, -0.05) is 18.3 Å². The fourth-order valence-corrected chi connectivity index (χ4v) is 3.45. The number of hydrogen-bond donors (Lipinski definition) is 2. The van der Waals surface area contributed by atoms with Crippen LogP contribution in [0.25, 0.3) is 0 Å². The Bertz CT molecular complexity index is 741. The van der Waals surface area contributed by atoms with Crippen LogP contribution in [0.4, 0.5) is 16.5 Å². The quantitative estimate of drug-likeness (QED) is 0.647. The molecule has 0 unspecified atom stereocenters. The van der Waals surface area contributed by atoms with Crippen molar-refractivity contribution in [2.45, 2.75) is 46.5 Å². The van der Waals surface area contributed by atoms with E-state index in [0.717, 1.165) is 42.3 Å². The first-order valence-corrected chi connectivity index (χ1v) is 10.1. The summed E-state index contributed by atoms with van der Waals surface area (Å²) in [6.45, 7) is 8.15. The molecule has 0 atom stereocenters. The van der Waals surface area contributed by atoms with E-state index < -0.39 is 0 Å². The summed E-state index contributed by atoms with van der Waals surface area (Å²) in [5.41, 5.74) is 1.85. The number of benzene rings is 1. The Morgan fingerprint density at radius 3 is 2.19 bits per heavy atom. The van der Waals surface area contributed by atoms with Crippen molar-refractivity contribution in [1.29, 1.82) is 0 Å². The van der Waals surface area contributed by atoms with Gasteiger partial charge in [-0.15, -0.1) is 10.2 Å². The standard InChI is InChI=1S/C19H27N5O2S/c1-4-7-18-22-23-19(27-18)21-17(26)13-12-16(25)20-14-8-10-15(11-9-14)24(5-2)6-3/h8-11H,4-7,12-13H2,1-3H3,(H,20,25)(H,21,23,26). The van der Waals surface area contributed by atoms with Gasteiger partial charge in [-0.05, 0) is 44.5 Å². The highest BCUT2D eigenvalue weighted by Crippen LogP contribution is 2.19. The Labute approximate surface area is 164 Å². The van der Waals surface area contributed by atoms with Gasteiger partial charge in [-0.2, -0.15) is 0 Å². The lowest BCUT2D eigenvalue weighted by molar-refractivity contribution is -0.121.